The number of nitrogens with zero attached hydrogens (tertiary/aromatic N) is 4. The number of ether oxygens (including phenoxy) is 2. The van der Waals surface area contributed by atoms with Crippen molar-refractivity contribution < 1.29 is 23.0 Å². The van der Waals surface area contributed by atoms with Gasteiger partial charge in [-0.25, -0.2) is 8.78 Å². The van der Waals surface area contributed by atoms with Crippen LogP contribution in [0.25, 0.3) is 22.2 Å². The molecule has 232 valence electrons. The molecule has 2 saturated heterocycles. The number of aromatic nitrogens is 3. The van der Waals surface area contributed by atoms with Crippen LogP contribution in [0.1, 0.15) is 40.4 Å². The van der Waals surface area contributed by atoms with E-state index in [1.54, 1.807) is 12.3 Å². The van der Waals surface area contributed by atoms with E-state index in [1.807, 2.05) is 12.1 Å². The van der Waals surface area contributed by atoms with Gasteiger partial charge in [0.1, 0.15) is 17.3 Å². The fourth-order valence-electron chi connectivity index (χ4n) is 6.14. The Hall–Kier alpha value is -4.13. The highest BCUT2D eigenvalue weighted by molar-refractivity contribution is 6.08. The molecule has 1 atom stereocenters. The van der Waals surface area contributed by atoms with Gasteiger partial charge in [0.05, 0.1) is 46.7 Å². The van der Waals surface area contributed by atoms with Crippen LogP contribution in [0.3, 0.4) is 0 Å². The van der Waals surface area contributed by atoms with Gasteiger partial charge < -0.3 is 30.3 Å². The molecule has 0 aliphatic carbocycles. The molecule has 2 aliphatic rings. The Balaban J connectivity index is 1.54. The molecule has 1 amide bonds. The lowest BCUT2D eigenvalue weighted by Crippen LogP contribution is -2.44. The minimum absolute atomic E-state index is 0.0767. The van der Waals surface area contributed by atoms with E-state index in [-0.39, 0.29) is 18.2 Å². The zero-order chi connectivity index (χ0) is 30.8. The summed E-state index contributed by atoms with van der Waals surface area (Å²) in [5, 5.41) is 12.2. The third-order valence-electron chi connectivity index (χ3n) is 8.59. The van der Waals surface area contributed by atoms with Gasteiger partial charge in [-0.05, 0) is 56.3 Å². The van der Waals surface area contributed by atoms with Crippen molar-refractivity contribution in [2.24, 2.45) is 5.73 Å². The molecule has 2 aromatic carbocycles. The second-order valence-corrected chi connectivity index (χ2v) is 11.5. The number of amides is 1. The quantitative estimate of drug-likeness (QED) is 0.261. The van der Waals surface area contributed by atoms with Gasteiger partial charge in [-0.3, -0.25) is 14.9 Å². The molecular formula is C32H37F2N7O3. The summed E-state index contributed by atoms with van der Waals surface area (Å²) >= 11 is 0. The number of hydrogen-bond acceptors (Lipinski definition) is 8. The van der Waals surface area contributed by atoms with Crippen molar-refractivity contribution >= 4 is 28.2 Å². The predicted molar refractivity (Wildman–Crippen MR) is 165 cm³/mol. The number of benzene rings is 2. The number of aromatic amines is 1. The van der Waals surface area contributed by atoms with Gasteiger partial charge in [0.2, 0.25) is 0 Å². The van der Waals surface area contributed by atoms with Crippen LogP contribution in [-0.4, -0.2) is 92.2 Å². The average Bonchev–Trinajstić information content (AvgIpc) is 3.44. The molecule has 6 rings (SSSR count). The summed E-state index contributed by atoms with van der Waals surface area (Å²) in [6.07, 6.45) is 3.20. The van der Waals surface area contributed by atoms with Crippen molar-refractivity contribution in [2.75, 3.05) is 70.4 Å². The van der Waals surface area contributed by atoms with Crippen LogP contribution in [0.15, 0.2) is 42.6 Å². The van der Waals surface area contributed by atoms with Crippen LogP contribution in [0, 0.1) is 11.6 Å². The number of carbonyl (C=O) groups excluding carboxylic acids is 1. The first-order chi connectivity index (χ1) is 21.3. The van der Waals surface area contributed by atoms with E-state index in [4.69, 9.17) is 20.3 Å². The molecule has 2 fully saturated rings. The standard InChI is InChI=1S/C32H37F2N7O3/c1-40-9-11-41(12-10-40)28-6-4-21(32(35)42)30(37-20-7-13-44-14-8-20)29(28)31-23-16-26(36-17-27(23)38-39-31)24(18-43-2)22-15-19(33)3-5-25(22)34/h3-6,15-17,20,24,37H,7-14,18H2,1-2H3,(H2,35,42)(H,38,39). The molecule has 2 aliphatic heterocycles. The zero-order valence-electron chi connectivity index (χ0n) is 24.9. The molecule has 4 heterocycles. The number of carbonyl (C=O) groups is 1. The van der Waals surface area contributed by atoms with Crippen LogP contribution < -0.4 is 16.0 Å². The summed E-state index contributed by atoms with van der Waals surface area (Å²) in [5.74, 6) is -2.31. The molecule has 0 saturated carbocycles. The van der Waals surface area contributed by atoms with Crippen molar-refractivity contribution in [3.05, 3.63) is 71.1 Å². The number of piperazine rings is 1. The minimum Gasteiger partial charge on any atom is -0.384 e. The Morgan fingerprint density at radius 2 is 1.93 bits per heavy atom. The highest BCUT2D eigenvalue weighted by Gasteiger charge is 2.29. The highest BCUT2D eigenvalue weighted by Crippen LogP contribution is 2.43. The van der Waals surface area contributed by atoms with E-state index in [2.05, 4.69) is 32.2 Å². The highest BCUT2D eigenvalue weighted by atomic mass is 19.1. The molecule has 0 radical (unpaired) electrons. The van der Waals surface area contributed by atoms with Crippen molar-refractivity contribution in [3.63, 3.8) is 0 Å². The largest absolute Gasteiger partial charge is 0.384 e. The number of likely N-dealkylation sites (N-methyl/N-ethyl adjacent to an activating group) is 1. The number of methoxy groups -OCH3 is 1. The number of anilines is 2. The third kappa shape index (κ3) is 5.97. The first kappa shape index (κ1) is 29.9. The van der Waals surface area contributed by atoms with E-state index in [9.17, 15) is 13.6 Å². The van der Waals surface area contributed by atoms with Crippen molar-refractivity contribution in [1.82, 2.24) is 20.1 Å². The Morgan fingerprint density at radius 3 is 2.66 bits per heavy atom. The third-order valence-corrected chi connectivity index (χ3v) is 8.59. The molecule has 1 unspecified atom stereocenters. The number of fused-ring (bicyclic) bond motifs is 1. The fraction of sp³-hybridized carbons (Fsp3) is 0.406. The first-order valence-electron chi connectivity index (χ1n) is 14.9. The Morgan fingerprint density at radius 1 is 1.16 bits per heavy atom. The van der Waals surface area contributed by atoms with E-state index in [0.29, 0.717) is 41.4 Å². The Bertz CT molecular complexity index is 1650. The number of pyridine rings is 1. The van der Waals surface area contributed by atoms with Gasteiger partial charge in [-0.2, -0.15) is 5.10 Å². The number of nitrogens with one attached hydrogen (secondary N) is 2. The maximum absolute atomic E-state index is 15.0. The normalized spacial score (nSPS) is 17.2. The van der Waals surface area contributed by atoms with E-state index >= 15 is 0 Å². The summed E-state index contributed by atoms with van der Waals surface area (Å²) in [7, 11) is 3.61. The van der Waals surface area contributed by atoms with Gasteiger partial charge in [-0.1, -0.05) is 0 Å². The van der Waals surface area contributed by atoms with Gasteiger partial charge in [-0.15, -0.1) is 0 Å². The van der Waals surface area contributed by atoms with Crippen molar-refractivity contribution in [2.45, 2.75) is 24.8 Å². The minimum atomic E-state index is -0.670. The molecule has 0 bridgehead atoms. The molecule has 4 N–H and O–H groups in total. The number of primary amides is 1. The fourth-order valence-corrected chi connectivity index (χ4v) is 6.14. The lowest BCUT2D eigenvalue weighted by Gasteiger charge is -2.36. The van der Waals surface area contributed by atoms with E-state index in [1.165, 1.54) is 13.2 Å². The molecular weight excluding hydrogens is 568 g/mol. The van der Waals surface area contributed by atoms with E-state index in [0.717, 1.165) is 67.8 Å². The SMILES string of the molecule is COCC(c1cc2c(-c3c(N4CCN(C)CC4)ccc(C(N)=O)c3NC3CCOCC3)n[nH]c2cn1)c1cc(F)ccc1F. The maximum Gasteiger partial charge on any atom is 0.250 e. The van der Waals surface area contributed by atoms with Gasteiger partial charge in [0, 0.05) is 69.2 Å². The lowest BCUT2D eigenvalue weighted by molar-refractivity contribution is 0.0904. The number of halogens is 2. The summed E-state index contributed by atoms with van der Waals surface area (Å²) in [4.78, 5) is 22.0. The second kappa shape index (κ2) is 12.8. The number of H-pyrrole nitrogens is 1. The topological polar surface area (TPSA) is 122 Å². The summed E-state index contributed by atoms with van der Waals surface area (Å²) in [6.45, 7) is 4.68. The predicted octanol–water partition coefficient (Wildman–Crippen LogP) is 4.12. The molecule has 0 spiro atoms. The molecule has 10 nitrogen and oxygen atoms in total. The van der Waals surface area contributed by atoms with Gasteiger partial charge in [0.15, 0.2) is 0 Å². The molecule has 44 heavy (non-hydrogen) atoms. The summed E-state index contributed by atoms with van der Waals surface area (Å²) < 4.78 is 40.2. The molecule has 2 aromatic heterocycles. The van der Waals surface area contributed by atoms with Crippen LogP contribution in [0.4, 0.5) is 20.2 Å². The smallest absolute Gasteiger partial charge is 0.250 e. The van der Waals surface area contributed by atoms with Crippen LogP contribution >= 0.6 is 0 Å². The molecule has 4 aromatic rings. The second-order valence-electron chi connectivity index (χ2n) is 11.5. The average molecular weight is 606 g/mol. The molecule has 12 heteroatoms. The number of rotatable bonds is 9. The zero-order valence-corrected chi connectivity index (χ0v) is 24.9. The van der Waals surface area contributed by atoms with Crippen LogP contribution in [0.2, 0.25) is 0 Å². The summed E-state index contributed by atoms with van der Waals surface area (Å²) in [5.41, 5.74) is 10.5. The Kier molecular flexibility index (Phi) is 8.74. The van der Waals surface area contributed by atoms with Crippen molar-refractivity contribution in [1.29, 1.82) is 0 Å². The Labute approximate surface area is 254 Å². The lowest BCUT2D eigenvalue weighted by atomic mass is 9.93. The van der Waals surface area contributed by atoms with Gasteiger partial charge >= 0.3 is 0 Å². The van der Waals surface area contributed by atoms with Crippen LogP contribution in [-0.2, 0) is 9.47 Å². The van der Waals surface area contributed by atoms with Crippen LogP contribution in [0.5, 0.6) is 0 Å². The number of nitrogens with two attached hydrogens (primary N) is 1. The van der Waals surface area contributed by atoms with Gasteiger partial charge in [0.25, 0.3) is 5.91 Å². The number of hydrogen-bond donors (Lipinski definition) is 3. The van der Waals surface area contributed by atoms with E-state index < -0.39 is 23.5 Å². The monoisotopic (exact) mass is 605 g/mol. The van der Waals surface area contributed by atoms with Crippen molar-refractivity contribution in [3.8, 4) is 11.3 Å². The first-order valence-corrected chi connectivity index (χ1v) is 14.9. The summed E-state index contributed by atoms with van der Waals surface area (Å²) in [6, 6.07) is 9.02. The maximum atomic E-state index is 15.0.